The number of hydrogen-bond acceptors (Lipinski definition) is 6. The van der Waals surface area contributed by atoms with Crippen LogP contribution >= 0.6 is 11.8 Å². The van der Waals surface area contributed by atoms with Gasteiger partial charge in [-0.25, -0.2) is 9.78 Å². The van der Waals surface area contributed by atoms with Crippen molar-refractivity contribution in [3.05, 3.63) is 56.5 Å². The third kappa shape index (κ3) is 3.90. The Morgan fingerprint density at radius 3 is 2.59 bits per heavy atom. The van der Waals surface area contributed by atoms with Crippen molar-refractivity contribution < 1.29 is 0 Å². The van der Waals surface area contributed by atoms with Gasteiger partial charge in [-0.15, -0.1) is 10.2 Å². The molecule has 0 amide bonds. The first-order valence-electron chi connectivity index (χ1n) is 10.8. The van der Waals surface area contributed by atoms with Crippen LogP contribution in [0.4, 0.5) is 0 Å². The molecule has 0 atom stereocenters. The van der Waals surface area contributed by atoms with E-state index in [0.29, 0.717) is 30.0 Å². The Morgan fingerprint density at radius 2 is 1.88 bits per heavy atom. The summed E-state index contributed by atoms with van der Waals surface area (Å²) in [6.45, 7) is 7.19. The quantitative estimate of drug-likeness (QED) is 0.411. The number of imidazole rings is 1. The Kier molecular flexibility index (Phi) is 6.31. The number of H-pyrrole nitrogens is 1. The molecular weight excluding hydrogens is 426 g/mol. The van der Waals surface area contributed by atoms with Crippen LogP contribution in [0.25, 0.3) is 22.6 Å². The number of nitrogens with zero attached hydrogens (tertiary/aromatic N) is 6. The van der Waals surface area contributed by atoms with Gasteiger partial charge in [-0.2, -0.15) is 0 Å². The SMILES string of the molecule is CCCCn1c(=O)[nH]c(=O)c2c1nc(CSc1nnc(-c3ccccc3C)n1C)n2CC. The number of aromatic nitrogens is 7. The summed E-state index contributed by atoms with van der Waals surface area (Å²) in [6.07, 6.45) is 1.78. The molecule has 0 bridgehead atoms. The van der Waals surface area contributed by atoms with Crippen LogP contribution in [0.15, 0.2) is 39.0 Å². The Morgan fingerprint density at radius 1 is 1.09 bits per heavy atom. The lowest BCUT2D eigenvalue weighted by molar-refractivity contribution is 0.613. The fourth-order valence-electron chi connectivity index (χ4n) is 3.82. The molecule has 0 radical (unpaired) electrons. The van der Waals surface area contributed by atoms with E-state index in [1.54, 1.807) is 4.57 Å². The Labute approximate surface area is 189 Å². The minimum atomic E-state index is -0.410. The van der Waals surface area contributed by atoms with Gasteiger partial charge in [0.05, 0.1) is 5.75 Å². The Bertz CT molecular complexity index is 1380. The van der Waals surface area contributed by atoms with E-state index in [0.717, 1.165) is 40.8 Å². The van der Waals surface area contributed by atoms with Gasteiger partial charge < -0.3 is 9.13 Å². The van der Waals surface area contributed by atoms with E-state index in [9.17, 15) is 9.59 Å². The molecule has 0 spiro atoms. The maximum absolute atomic E-state index is 12.6. The summed E-state index contributed by atoms with van der Waals surface area (Å²) in [6, 6.07) is 8.08. The van der Waals surface area contributed by atoms with E-state index in [2.05, 4.69) is 35.1 Å². The summed E-state index contributed by atoms with van der Waals surface area (Å²) in [4.78, 5) is 32.1. The van der Waals surface area contributed by atoms with Crippen LogP contribution in [0.5, 0.6) is 0 Å². The first-order valence-corrected chi connectivity index (χ1v) is 11.7. The van der Waals surface area contributed by atoms with Gasteiger partial charge in [-0.1, -0.05) is 49.4 Å². The number of hydrogen-bond donors (Lipinski definition) is 1. The zero-order valence-corrected chi connectivity index (χ0v) is 19.6. The zero-order valence-electron chi connectivity index (χ0n) is 18.8. The molecule has 0 aliphatic heterocycles. The molecule has 0 aliphatic carbocycles. The number of rotatable bonds is 8. The fourth-order valence-corrected chi connectivity index (χ4v) is 4.68. The molecule has 0 unspecified atom stereocenters. The molecule has 3 heterocycles. The molecule has 3 aromatic heterocycles. The van der Waals surface area contributed by atoms with Crippen molar-refractivity contribution in [1.82, 2.24) is 33.9 Å². The molecule has 0 aliphatic rings. The number of nitrogens with one attached hydrogen (secondary N) is 1. The second-order valence-electron chi connectivity index (χ2n) is 7.68. The second kappa shape index (κ2) is 9.15. The zero-order chi connectivity index (χ0) is 22.8. The van der Waals surface area contributed by atoms with Gasteiger partial charge in [0.15, 0.2) is 22.1 Å². The average molecular weight is 454 g/mol. The predicted octanol–water partition coefficient (Wildman–Crippen LogP) is 3.10. The van der Waals surface area contributed by atoms with E-state index >= 15 is 0 Å². The second-order valence-corrected chi connectivity index (χ2v) is 8.62. The summed E-state index contributed by atoms with van der Waals surface area (Å²) in [7, 11) is 1.94. The van der Waals surface area contributed by atoms with E-state index in [1.165, 1.54) is 11.8 Å². The van der Waals surface area contributed by atoms with Gasteiger partial charge >= 0.3 is 5.69 Å². The van der Waals surface area contributed by atoms with Crippen LogP contribution in [0.1, 0.15) is 38.1 Å². The maximum Gasteiger partial charge on any atom is 0.330 e. The number of aromatic amines is 1. The normalized spacial score (nSPS) is 11.5. The van der Waals surface area contributed by atoms with Gasteiger partial charge in [0.25, 0.3) is 5.56 Å². The average Bonchev–Trinajstić information content (AvgIpc) is 3.33. The van der Waals surface area contributed by atoms with Crippen LogP contribution in [-0.2, 0) is 25.9 Å². The van der Waals surface area contributed by atoms with Crippen LogP contribution < -0.4 is 11.2 Å². The molecule has 0 fully saturated rings. The summed E-state index contributed by atoms with van der Waals surface area (Å²) >= 11 is 1.51. The van der Waals surface area contributed by atoms with Crippen molar-refractivity contribution in [3.63, 3.8) is 0 Å². The van der Waals surface area contributed by atoms with Crippen LogP contribution in [0.2, 0.25) is 0 Å². The Hall–Kier alpha value is -3.14. The lowest BCUT2D eigenvalue weighted by Crippen LogP contribution is -2.31. The lowest BCUT2D eigenvalue weighted by Gasteiger charge is -2.07. The topological polar surface area (TPSA) is 103 Å². The van der Waals surface area contributed by atoms with Crippen LogP contribution in [0.3, 0.4) is 0 Å². The minimum Gasteiger partial charge on any atom is -0.322 e. The summed E-state index contributed by atoms with van der Waals surface area (Å²) in [5.74, 6) is 2.04. The van der Waals surface area contributed by atoms with Gasteiger partial charge in [0, 0.05) is 25.7 Å². The summed E-state index contributed by atoms with van der Waals surface area (Å²) in [5.41, 5.74) is 2.26. The minimum absolute atomic E-state index is 0.399. The molecule has 32 heavy (non-hydrogen) atoms. The molecule has 0 saturated carbocycles. The highest BCUT2D eigenvalue weighted by atomic mass is 32.2. The van der Waals surface area contributed by atoms with Crippen molar-refractivity contribution in [2.45, 2.75) is 57.6 Å². The molecule has 4 aromatic rings. The fraction of sp³-hybridized carbons (Fsp3) is 0.409. The van der Waals surface area contributed by atoms with Crippen molar-refractivity contribution in [1.29, 1.82) is 0 Å². The lowest BCUT2D eigenvalue weighted by atomic mass is 10.1. The molecule has 10 heteroatoms. The van der Waals surface area contributed by atoms with E-state index in [4.69, 9.17) is 4.98 Å². The van der Waals surface area contributed by atoms with Gasteiger partial charge in [-0.3, -0.25) is 14.3 Å². The van der Waals surface area contributed by atoms with Gasteiger partial charge in [0.2, 0.25) is 0 Å². The van der Waals surface area contributed by atoms with Gasteiger partial charge in [0.1, 0.15) is 5.82 Å². The van der Waals surface area contributed by atoms with Crippen molar-refractivity contribution in [2.75, 3.05) is 0 Å². The number of fused-ring (bicyclic) bond motifs is 1. The molecule has 1 aromatic carbocycles. The third-order valence-electron chi connectivity index (χ3n) is 5.57. The highest BCUT2D eigenvalue weighted by molar-refractivity contribution is 7.98. The first-order chi connectivity index (χ1) is 15.5. The Balaban J connectivity index is 1.69. The molecule has 1 N–H and O–H groups in total. The van der Waals surface area contributed by atoms with Crippen LogP contribution in [0, 0.1) is 6.92 Å². The molecule has 9 nitrogen and oxygen atoms in total. The highest BCUT2D eigenvalue weighted by Gasteiger charge is 2.19. The van der Waals surface area contributed by atoms with Crippen molar-refractivity contribution in [2.24, 2.45) is 7.05 Å². The first kappa shape index (κ1) is 22.1. The summed E-state index contributed by atoms with van der Waals surface area (Å²) < 4.78 is 5.41. The highest BCUT2D eigenvalue weighted by Crippen LogP contribution is 2.27. The van der Waals surface area contributed by atoms with Crippen LogP contribution in [-0.4, -0.2) is 33.9 Å². The van der Waals surface area contributed by atoms with E-state index < -0.39 is 11.2 Å². The van der Waals surface area contributed by atoms with Crippen molar-refractivity contribution in [3.8, 4) is 11.4 Å². The maximum atomic E-state index is 12.6. The molecule has 168 valence electrons. The van der Waals surface area contributed by atoms with Gasteiger partial charge in [-0.05, 0) is 25.8 Å². The standard InChI is InChI=1S/C22H27N7O2S/c1-5-7-12-29-19-17(20(30)24-21(29)31)28(6-2)16(23-19)13-32-22-26-25-18(27(22)4)15-11-9-8-10-14(15)3/h8-11H,5-7,12-13H2,1-4H3,(H,24,30,31). The number of benzene rings is 1. The van der Waals surface area contributed by atoms with E-state index in [1.807, 2.05) is 41.3 Å². The number of unbranched alkanes of at least 4 members (excludes halogenated alkanes) is 1. The number of aryl methyl sites for hydroxylation is 3. The monoisotopic (exact) mass is 453 g/mol. The summed E-state index contributed by atoms with van der Waals surface area (Å²) in [5, 5.41) is 9.51. The van der Waals surface area contributed by atoms with Crippen molar-refractivity contribution >= 4 is 22.9 Å². The molecule has 0 saturated heterocycles. The molecule has 4 rings (SSSR count). The van der Waals surface area contributed by atoms with E-state index in [-0.39, 0.29) is 0 Å². The number of thioether (sulfide) groups is 1. The third-order valence-corrected chi connectivity index (χ3v) is 6.58. The predicted molar refractivity (Wildman–Crippen MR) is 126 cm³/mol. The smallest absolute Gasteiger partial charge is 0.322 e. The largest absolute Gasteiger partial charge is 0.330 e. The molecular formula is C22H27N7O2S.